The van der Waals surface area contributed by atoms with Gasteiger partial charge in [-0.05, 0) is 53.6 Å². The molecule has 11 rings (SSSR count). The molecule has 11 aromatic rings. The molecule has 0 saturated carbocycles. The lowest BCUT2D eigenvalue weighted by Gasteiger charge is -2.12. The van der Waals surface area contributed by atoms with Gasteiger partial charge in [0, 0.05) is 43.7 Å². The fourth-order valence-corrected chi connectivity index (χ4v) is 7.91. The second-order valence-electron chi connectivity index (χ2n) is 13.1. The molecule has 4 heterocycles. The van der Waals surface area contributed by atoms with Crippen LogP contribution in [0, 0.1) is 0 Å². The Hall–Kier alpha value is -6.91. The molecule has 0 aliphatic rings. The summed E-state index contributed by atoms with van der Waals surface area (Å²) in [6.07, 6.45) is 0. The SMILES string of the molecule is c1ccc(-c2cc(-c3ccc(-n4c5ccccc5c5c6c7ccccc7oc6c6oc7ccccc7c6c54)cc3)cc(-c3ccccc3)n2)cc1. The average Bonchev–Trinajstić information content (AvgIpc) is 3.88. The van der Waals surface area contributed by atoms with Crippen molar-refractivity contribution in [1.82, 2.24) is 9.55 Å². The minimum atomic E-state index is 0.772. The molecule has 0 N–H and O–H groups in total. The van der Waals surface area contributed by atoms with Crippen LogP contribution in [0.15, 0.2) is 179 Å². The van der Waals surface area contributed by atoms with E-state index in [0.717, 1.165) is 94.2 Å². The average molecular weight is 653 g/mol. The summed E-state index contributed by atoms with van der Waals surface area (Å²) in [5, 5.41) is 6.63. The van der Waals surface area contributed by atoms with Crippen LogP contribution < -0.4 is 0 Å². The minimum Gasteiger partial charge on any atom is -0.452 e. The molecule has 0 atom stereocenters. The van der Waals surface area contributed by atoms with E-state index in [1.54, 1.807) is 0 Å². The first-order valence-corrected chi connectivity index (χ1v) is 17.2. The molecule has 0 saturated heterocycles. The number of hydrogen-bond acceptors (Lipinski definition) is 3. The number of furan rings is 2. The molecular weight excluding hydrogens is 625 g/mol. The second-order valence-corrected chi connectivity index (χ2v) is 13.1. The van der Waals surface area contributed by atoms with Gasteiger partial charge in [-0.25, -0.2) is 4.98 Å². The van der Waals surface area contributed by atoms with Gasteiger partial charge >= 0.3 is 0 Å². The van der Waals surface area contributed by atoms with E-state index in [2.05, 4.69) is 138 Å². The number of fused-ring (bicyclic) bond motifs is 12. The zero-order valence-corrected chi connectivity index (χ0v) is 27.4. The molecule has 0 aliphatic heterocycles. The standard InChI is InChI=1S/C47H28N2O2/c1-3-13-30(14-4-1)37-27-32(28-38(48-37)31-15-5-2-6-16-31)29-23-25-33(26-24-29)49-39-20-10-7-17-34(39)42-43-35-18-8-11-21-40(35)50-46(43)47-44(45(42)49)36-19-9-12-22-41(36)51-47/h1-28H. The lowest BCUT2D eigenvalue weighted by molar-refractivity contribution is 0.633. The summed E-state index contributed by atoms with van der Waals surface area (Å²) in [5.41, 5.74) is 12.9. The molecule has 4 heteroatoms. The molecule has 51 heavy (non-hydrogen) atoms. The van der Waals surface area contributed by atoms with Crippen LogP contribution >= 0.6 is 0 Å². The first kappa shape index (κ1) is 28.0. The van der Waals surface area contributed by atoms with Gasteiger partial charge in [0.05, 0.1) is 27.8 Å². The van der Waals surface area contributed by atoms with E-state index in [-0.39, 0.29) is 0 Å². The predicted molar refractivity (Wildman–Crippen MR) is 209 cm³/mol. The molecule has 238 valence electrons. The van der Waals surface area contributed by atoms with Crippen molar-refractivity contribution in [1.29, 1.82) is 0 Å². The molecule has 0 bridgehead atoms. The second kappa shape index (κ2) is 10.8. The number of aromatic nitrogens is 2. The highest BCUT2D eigenvalue weighted by Gasteiger charge is 2.26. The van der Waals surface area contributed by atoms with Crippen LogP contribution in [0.3, 0.4) is 0 Å². The number of benzene rings is 7. The molecule has 0 spiro atoms. The van der Waals surface area contributed by atoms with Crippen LogP contribution in [0.4, 0.5) is 0 Å². The Morgan fingerprint density at radius 1 is 0.392 bits per heavy atom. The zero-order valence-electron chi connectivity index (χ0n) is 27.4. The van der Waals surface area contributed by atoms with E-state index in [9.17, 15) is 0 Å². The van der Waals surface area contributed by atoms with Gasteiger partial charge in [0.25, 0.3) is 0 Å². The van der Waals surface area contributed by atoms with Crippen molar-refractivity contribution >= 4 is 65.7 Å². The number of pyridine rings is 1. The maximum atomic E-state index is 6.65. The Morgan fingerprint density at radius 2 is 0.902 bits per heavy atom. The lowest BCUT2D eigenvalue weighted by Crippen LogP contribution is -1.95. The van der Waals surface area contributed by atoms with E-state index in [1.807, 2.05) is 36.4 Å². The first-order valence-electron chi connectivity index (χ1n) is 17.2. The Balaban J connectivity index is 1.18. The summed E-state index contributed by atoms with van der Waals surface area (Å²) in [5.74, 6) is 0. The third kappa shape index (κ3) is 4.17. The van der Waals surface area contributed by atoms with Gasteiger partial charge in [-0.2, -0.15) is 0 Å². The van der Waals surface area contributed by atoms with Gasteiger partial charge in [-0.15, -0.1) is 0 Å². The van der Waals surface area contributed by atoms with Crippen LogP contribution in [0.2, 0.25) is 0 Å². The highest BCUT2D eigenvalue weighted by Crippen LogP contribution is 2.48. The first-order chi connectivity index (χ1) is 25.3. The summed E-state index contributed by atoms with van der Waals surface area (Å²) < 4.78 is 15.7. The molecule has 0 radical (unpaired) electrons. The highest BCUT2D eigenvalue weighted by atomic mass is 16.4. The van der Waals surface area contributed by atoms with Gasteiger partial charge < -0.3 is 13.4 Å². The van der Waals surface area contributed by atoms with Crippen molar-refractivity contribution in [3.05, 3.63) is 170 Å². The molecule has 0 unspecified atom stereocenters. The van der Waals surface area contributed by atoms with Crippen LogP contribution in [0.1, 0.15) is 0 Å². The summed E-state index contributed by atoms with van der Waals surface area (Å²) in [6, 6.07) is 59.4. The van der Waals surface area contributed by atoms with Crippen LogP contribution in [0.5, 0.6) is 0 Å². The topological polar surface area (TPSA) is 44.1 Å². The minimum absolute atomic E-state index is 0.772. The Morgan fingerprint density at radius 3 is 1.53 bits per heavy atom. The Labute approximate surface area is 292 Å². The fraction of sp³-hybridized carbons (Fsp3) is 0. The molecule has 0 aliphatic carbocycles. The molecule has 0 amide bonds. The van der Waals surface area contributed by atoms with E-state index in [0.29, 0.717) is 0 Å². The smallest absolute Gasteiger partial charge is 0.180 e. The lowest BCUT2D eigenvalue weighted by atomic mass is 9.99. The van der Waals surface area contributed by atoms with Gasteiger partial charge in [0.1, 0.15) is 11.2 Å². The molecular formula is C47H28N2O2. The zero-order chi connectivity index (χ0) is 33.5. The summed E-state index contributed by atoms with van der Waals surface area (Å²) in [6.45, 7) is 0. The summed E-state index contributed by atoms with van der Waals surface area (Å²) >= 11 is 0. The van der Waals surface area contributed by atoms with Crippen molar-refractivity contribution in [3.8, 4) is 39.3 Å². The van der Waals surface area contributed by atoms with E-state index in [4.69, 9.17) is 13.8 Å². The maximum Gasteiger partial charge on any atom is 0.180 e. The molecule has 4 aromatic heterocycles. The van der Waals surface area contributed by atoms with Gasteiger partial charge in [0.2, 0.25) is 0 Å². The molecule has 0 fully saturated rings. The van der Waals surface area contributed by atoms with E-state index < -0.39 is 0 Å². The number of para-hydroxylation sites is 3. The quantitative estimate of drug-likeness (QED) is 0.190. The van der Waals surface area contributed by atoms with Gasteiger partial charge in [-0.3, -0.25) is 0 Å². The fourth-order valence-electron chi connectivity index (χ4n) is 7.91. The van der Waals surface area contributed by atoms with Crippen molar-refractivity contribution in [2.45, 2.75) is 0 Å². The van der Waals surface area contributed by atoms with Gasteiger partial charge in [0.15, 0.2) is 11.2 Å². The predicted octanol–water partition coefficient (Wildman–Crippen LogP) is 13.0. The highest BCUT2D eigenvalue weighted by molar-refractivity contribution is 6.38. The van der Waals surface area contributed by atoms with E-state index >= 15 is 0 Å². The van der Waals surface area contributed by atoms with Crippen molar-refractivity contribution in [2.24, 2.45) is 0 Å². The normalized spacial score (nSPS) is 11.9. The number of nitrogens with zero attached hydrogens (tertiary/aromatic N) is 2. The van der Waals surface area contributed by atoms with E-state index in [1.165, 1.54) is 10.8 Å². The Kier molecular flexibility index (Phi) is 5.92. The van der Waals surface area contributed by atoms with Crippen molar-refractivity contribution in [3.63, 3.8) is 0 Å². The Bertz CT molecular complexity index is 3060. The molecule has 4 nitrogen and oxygen atoms in total. The maximum absolute atomic E-state index is 6.65. The third-order valence-electron chi connectivity index (χ3n) is 10.2. The molecule has 7 aromatic carbocycles. The number of hydrogen-bond donors (Lipinski definition) is 0. The van der Waals surface area contributed by atoms with Crippen LogP contribution in [-0.4, -0.2) is 9.55 Å². The van der Waals surface area contributed by atoms with Crippen LogP contribution in [0.25, 0.3) is 105 Å². The monoisotopic (exact) mass is 652 g/mol. The van der Waals surface area contributed by atoms with Crippen molar-refractivity contribution in [2.75, 3.05) is 0 Å². The summed E-state index contributed by atoms with van der Waals surface area (Å²) in [7, 11) is 0. The van der Waals surface area contributed by atoms with Gasteiger partial charge in [-0.1, -0.05) is 127 Å². The summed E-state index contributed by atoms with van der Waals surface area (Å²) in [4.78, 5) is 5.10. The largest absolute Gasteiger partial charge is 0.452 e. The third-order valence-corrected chi connectivity index (χ3v) is 10.2. The van der Waals surface area contributed by atoms with Crippen molar-refractivity contribution < 1.29 is 8.83 Å². The van der Waals surface area contributed by atoms with Crippen LogP contribution in [-0.2, 0) is 0 Å². The number of rotatable bonds is 4.